The third kappa shape index (κ3) is 3.73. The first kappa shape index (κ1) is 18.9. The van der Waals surface area contributed by atoms with Crippen LogP contribution in [-0.4, -0.2) is 4.98 Å². The summed E-state index contributed by atoms with van der Waals surface area (Å²) in [4.78, 5) is 17.5. The molecule has 0 aliphatic rings. The molecule has 0 atom stereocenters. The van der Waals surface area contributed by atoms with Crippen LogP contribution in [0.15, 0.2) is 98.8 Å². The first-order chi connectivity index (χ1) is 15.2. The fourth-order valence-electron chi connectivity index (χ4n) is 3.56. The highest BCUT2D eigenvalue weighted by Crippen LogP contribution is 2.27. The fourth-order valence-corrected chi connectivity index (χ4v) is 3.56. The summed E-state index contributed by atoms with van der Waals surface area (Å²) in [6.45, 7) is 2.05. The van der Waals surface area contributed by atoms with Gasteiger partial charge in [-0.15, -0.1) is 0 Å². The molecule has 0 fully saturated rings. The molecule has 0 amide bonds. The second-order valence-corrected chi connectivity index (χ2v) is 7.19. The van der Waals surface area contributed by atoms with E-state index in [9.17, 15) is 4.79 Å². The van der Waals surface area contributed by atoms with Gasteiger partial charge in [0.2, 0.25) is 11.3 Å². The summed E-state index contributed by atoms with van der Waals surface area (Å²) in [6, 6.07) is 24.5. The maximum Gasteiger partial charge on any atom is 0.226 e. The van der Waals surface area contributed by atoms with Crippen LogP contribution in [0.4, 0.5) is 0 Å². The van der Waals surface area contributed by atoms with E-state index in [0.29, 0.717) is 39.6 Å². The number of rotatable bonds is 5. The molecule has 0 N–H and O–H groups in total. The molecule has 5 nitrogen and oxygen atoms in total. The molecular formula is C26H19NO4. The van der Waals surface area contributed by atoms with E-state index < -0.39 is 0 Å². The molecular weight excluding hydrogens is 390 g/mol. The molecule has 5 heteroatoms. The van der Waals surface area contributed by atoms with E-state index in [4.69, 9.17) is 13.6 Å². The maximum atomic E-state index is 13.1. The van der Waals surface area contributed by atoms with Crippen molar-refractivity contribution in [1.82, 2.24) is 4.98 Å². The highest BCUT2D eigenvalue weighted by Gasteiger charge is 2.14. The van der Waals surface area contributed by atoms with Gasteiger partial charge in [-0.1, -0.05) is 48.5 Å². The van der Waals surface area contributed by atoms with Gasteiger partial charge in [0.05, 0.1) is 10.9 Å². The summed E-state index contributed by atoms with van der Waals surface area (Å²) in [5.74, 6) is 1.71. The van der Waals surface area contributed by atoms with Crippen LogP contribution >= 0.6 is 0 Å². The highest BCUT2D eigenvalue weighted by molar-refractivity contribution is 5.83. The van der Waals surface area contributed by atoms with E-state index in [-0.39, 0.29) is 12.0 Å². The Labute approximate surface area is 178 Å². The topological polar surface area (TPSA) is 65.5 Å². The Kier molecular flexibility index (Phi) is 4.84. The molecule has 0 aliphatic carbocycles. The maximum absolute atomic E-state index is 13.1. The molecule has 0 saturated carbocycles. The lowest BCUT2D eigenvalue weighted by Gasteiger charge is -2.09. The summed E-state index contributed by atoms with van der Waals surface area (Å²) < 4.78 is 17.4. The predicted octanol–water partition coefficient (Wildman–Crippen LogP) is 6.00. The van der Waals surface area contributed by atoms with Gasteiger partial charge in [0.1, 0.15) is 35.7 Å². The van der Waals surface area contributed by atoms with E-state index in [1.165, 1.54) is 0 Å². The lowest BCUT2D eigenvalue weighted by atomic mass is 10.0. The standard InChI is InChI=1S/C26H19NO4/c1-17-24(18-8-4-2-5-9-18)25(28)22-13-12-21(14-23(22)31-17)29-15-20-16-30-26(27-20)19-10-6-3-7-11-19/h2-14,16H,15H2,1H3. The molecule has 0 saturated heterocycles. The summed E-state index contributed by atoms with van der Waals surface area (Å²) in [5.41, 5.74) is 3.45. The van der Waals surface area contributed by atoms with Gasteiger partial charge in [-0.05, 0) is 36.8 Å². The van der Waals surface area contributed by atoms with Gasteiger partial charge in [-0.3, -0.25) is 4.79 Å². The minimum atomic E-state index is -0.0551. The van der Waals surface area contributed by atoms with E-state index in [0.717, 1.165) is 11.1 Å². The van der Waals surface area contributed by atoms with Crippen molar-refractivity contribution in [2.45, 2.75) is 13.5 Å². The van der Waals surface area contributed by atoms with Crippen molar-refractivity contribution in [3.8, 4) is 28.3 Å². The number of benzene rings is 3. The average Bonchev–Trinajstić information content (AvgIpc) is 3.28. The SMILES string of the molecule is Cc1oc2cc(OCc3coc(-c4ccccc4)n3)ccc2c(=O)c1-c1ccccc1. The van der Waals surface area contributed by atoms with Crippen molar-refractivity contribution in [2.24, 2.45) is 0 Å². The third-order valence-corrected chi connectivity index (χ3v) is 5.06. The molecule has 0 spiro atoms. The molecule has 0 bridgehead atoms. The normalized spacial score (nSPS) is 11.0. The number of aryl methyl sites for hydroxylation is 1. The van der Waals surface area contributed by atoms with Crippen LogP contribution in [0.3, 0.4) is 0 Å². The van der Waals surface area contributed by atoms with Gasteiger partial charge >= 0.3 is 0 Å². The smallest absolute Gasteiger partial charge is 0.226 e. The van der Waals surface area contributed by atoms with Gasteiger partial charge in [0.15, 0.2) is 0 Å². The van der Waals surface area contributed by atoms with Crippen molar-refractivity contribution >= 4 is 11.0 Å². The molecule has 5 aromatic rings. The minimum Gasteiger partial charge on any atom is -0.487 e. The Bertz CT molecular complexity index is 1400. The lowest BCUT2D eigenvalue weighted by Crippen LogP contribution is -2.07. The minimum absolute atomic E-state index is 0.0551. The van der Waals surface area contributed by atoms with Crippen LogP contribution in [0, 0.1) is 6.92 Å². The number of oxazole rings is 1. The molecule has 2 heterocycles. The van der Waals surface area contributed by atoms with Gasteiger partial charge in [-0.25, -0.2) is 4.98 Å². The first-order valence-corrected chi connectivity index (χ1v) is 9.94. The van der Waals surface area contributed by atoms with Gasteiger partial charge in [0, 0.05) is 11.6 Å². The average molecular weight is 409 g/mol. The monoisotopic (exact) mass is 409 g/mol. The zero-order valence-electron chi connectivity index (χ0n) is 16.9. The number of ether oxygens (including phenoxy) is 1. The summed E-state index contributed by atoms with van der Waals surface area (Å²) in [7, 11) is 0. The van der Waals surface area contributed by atoms with Crippen LogP contribution < -0.4 is 10.2 Å². The molecule has 0 aliphatic heterocycles. The molecule has 152 valence electrons. The largest absolute Gasteiger partial charge is 0.487 e. The van der Waals surface area contributed by atoms with E-state index in [1.807, 2.05) is 60.7 Å². The number of aromatic nitrogens is 1. The fraction of sp³-hybridized carbons (Fsp3) is 0.0769. The molecule has 5 rings (SSSR count). The number of nitrogens with zero attached hydrogens (tertiary/aromatic N) is 1. The van der Waals surface area contributed by atoms with Gasteiger partial charge in [0.25, 0.3) is 0 Å². The van der Waals surface area contributed by atoms with Crippen LogP contribution in [0.2, 0.25) is 0 Å². The van der Waals surface area contributed by atoms with Crippen molar-refractivity contribution in [3.63, 3.8) is 0 Å². The van der Waals surface area contributed by atoms with Crippen LogP contribution in [0.5, 0.6) is 5.75 Å². The quantitative estimate of drug-likeness (QED) is 0.356. The predicted molar refractivity (Wildman–Crippen MR) is 119 cm³/mol. The number of hydrogen-bond acceptors (Lipinski definition) is 5. The van der Waals surface area contributed by atoms with E-state index >= 15 is 0 Å². The van der Waals surface area contributed by atoms with Crippen LogP contribution in [0.25, 0.3) is 33.6 Å². The Morgan fingerprint density at radius 1 is 0.903 bits per heavy atom. The highest BCUT2D eigenvalue weighted by atomic mass is 16.5. The van der Waals surface area contributed by atoms with Crippen LogP contribution in [0.1, 0.15) is 11.5 Å². The zero-order chi connectivity index (χ0) is 21.2. The summed E-state index contributed by atoms with van der Waals surface area (Å²) in [6.07, 6.45) is 1.58. The Hall–Kier alpha value is -4.12. The second kappa shape index (κ2) is 7.95. The summed E-state index contributed by atoms with van der Waals surface area (Å²) >= 11 is 0. The van der Waals surface area contributed by atoms with Gasteiger partial charge in [-0.2, -0.15) is 0 Å². The first-order valence-electron chi connectivity index (χ1n) is 9.94. The lowest BCUT2D eigenvalue weighted by molar-refractivity contribution is 0.301. The van der Waals surface area contributed by atoms with Gasteiger partial charge < -0.3 is 13.6 Å². The van der Waals surface area contributed by atoms with Crippen molar-refractivity contribution in [3.05, 3.63) is 107 Å². The Balaban J connectivity index is 1.40. The molecule has 31 heavy (non-hydrogen) atoms. The Morgan fingerprint density at radius 3 is 2.35 bits per heavy atom. The number of hydrogen-bond donors (Lipinski definition) is 0. The number of fused-ring (bicyclic) bond motifs is 1. The zero-order valence-corrected chi connectivity index (χ0v) is 16.9. The molecule has 2 aromatic heterocycles. The Morgan fingerprint density at radius 2 is 1.61 bits per heavy atom. The second-order valence-electron chi connectivity index (χ2n) is 7.19. The van der Waals surface area contributed by atoms with Crippen molar-refractivity contribution in [2.75, 3.05) is 0 Å². The van der Waals surface area contributed by atoms with E-state index in [2.05, 4.69) is 4.98 Å². The van der Waals surface area contributed by atoms with E-state index in [1.54, 1.807) is 31.4 Å². The van der Waals surface area contributed by atoms with Crippen molar-refractivity contribution < 1.29 is 13.6 Å². The van der Waals surface area contributed by atoms with Crippen molar-refractivity contribution in [1.29, 1.82) is 0 Å². The molecule has 0 unspecified atom stereocenters. The van der Waals surface area contributed by atoms with Crippen LogP contribution in [-0.2, 0) is 6.61 Å². The third-order valence-electron chi connectivity index (χ3n) is 5.06. The molecule has 3 aromatic carbocycles. The molecule has 0 radical (unpaired) electrons. The summed E-state index contributed by atoms with van der Waals surface area (Å²) in [5, 5.41) is 0.518.